The minimum Gasteiger partial charge on any atom is -0.485 e. The summed E-state index contributed by atoms with van der Waals surface area (Å²) in [5, 5.41) is 0. The predicted molar refractivity (Wildman–Crippen MR) is 87.4 cm³/mol. The van der Waals surface area contributed by atoms with Gasteiger partial charge in [0, 0.05) is 6.20 Å². The Morgan fingerprint density at radius 1 is 1.20 bits per heavy atom. The van der Waals surface area contributed by atoms with Gasteiger partial charge < -0.3 is 14.2 Å². The van der Waals surface area contributed by atoms with Gasteiger partial charge in [0.25, 0.3) is 11.8 Å². The molecule has 1 atom stereocenters. The standard InChI is InChI=1S/C17H17N3O5/c1-2-23-17-11(6-5-9-18-17)15(21)19-20-16(22)14-10-24-12-7-3-4-8-13(12)25-14/h3-9,14H,2,10H2,1H3,(H,19,21)(H,20,22)/t14-/m1/s1. The summed E-state index contributed by atoms with van der Waals surface area (Å²) >= 11 is 0. The first-order valence-electron chi connectivity index (χ1n) is 7.75. The summed E-state index contributed by atoms with van der Waals surface area (Å²) in [6, 6.07) is 10.2. The number of hydrazine groups is 1. The molecule has 0 spiro atoms. The monoisotopic (exact) mass is 343 g/mol. The summed E-state index contributed by atoms with van der Waals surface area (Å²) in [4.78, 5) is 28.4. The van der Waals surface area contributed by atoms with Crippen LogP contribution < -0.4 is 25.1 Å². The molecule has 0 radical (unpaired) electrons. The second-order valence-electron chi connectivity index (χ2n) is 5.10. The Morgan fingerprint density at radius 2 is 2.00 bits per heavy atom. The molecule has 2 heterocycles. The maximum Gasteiger partial charge on any atom is 0.283 e. The number of para-hydroxylation sites is 2. The molecule has 2 aromatic rings. The van der Waals surface area contributed by atoms with Crippen molar-refractivity contribution in [2.24, 2.45) is 0 Å². The Bertz CT molecular complexity index is 780. The Kier molecular flexibility index (Phi) is 4.98. The molecule has 0 saturated heterocycles. The summed E-state index contributed by atoms with van der Waals surface area (Å²) in [5.41, 5.74) is 4.87. The zero-order chi connectivity index (χ0) is 17.6. The number of benzene rings is 1. The molecule has 1 aliphatic heterocycles. The van der Waals surface area contributed by atoms with Crippen molar-refractivity contribution in [3.05, 3.63) is 48.2 Å². The van der Waals surface area contributed by atoms with Crippen LogP contribution in [0.5, 0.6) is 17.4 Å². The molecule has 0 bridgehead atoms. The number of hydrogen-bond donors (Lipinski definition) is 2. The molecule has 0 fully saturated rings. The average molecular weight is 343 g/mol. The number of hydrogen-bond acceptors (Lipinski definition) is 6. The molecular weight excluding hydrogens is 326 g/mol. The molecule has 2 N–H and O–H groups in total. The van der Waals surface area contributed by atoms with Gasteiger partial charge in [0.05, 0.1) is 6.61 Å². The summed E-state index contributed by atoms with van der Waals surface area (Å²) in [7, 11) is 0. The van der Waals surface area contributed by atoms with E-state index < -0.39 is 17.9 Å². The van der Waals surface area contributed by atoms with Gasteiger partial charge >= 0.3 is 0 Å². The number of ether oxygens (including phenoxy) is 3. The Labute approximate surface area is 144 Å². The first-order valence-corrected chi connectivity index (χ1v) is 7.75. The Hall–Kier alpha value is -3.29. The third-order valence-corrected chi connectivity index (χ3v) is 3.40. The summed E-state index contributed by atoms with van der Waals surface area (Å²) in [5.74, 6) is 0.188. The molecule has 0 unspecified atom stereocenters. The fraction of sp³-hybridized carbons (Fsp3) is 0.235. The molecule has 25 heavy (non-hydrogen) atoms. The normalized spacial score (nSPS) is 15.2. The third-order valence-electron chi connectivity index (χ3n) is 3.40. The quantitative estimate of drug-likeness (QED) is 0.806. The highest BCUT2D eigenvalue weighted by atomic mass is 16.6. The van der Waals surface area contributed by atoms with Crippen LogP contribution in [0, 0.1) is 0 Å². The molecule has 1 aromatic carbocycles. The van der Waals surface area contributed by atoms with Gasteiger partial charge in [-0.15, -0.1) is 0 Å². The zero-order valence-electron chi connectivity index (χ0n) is 13.5. The molecule has 1 aliphatic rings. The minimum absolute atomic E-state index is 0.0514. The molecule has 8 heteroatoms. The van der Waals surface area contributed by atoms with Gasteiger partial charge in [0.15, 0.2) is 11.5 Å². The first-order chi connectivity index (χ1) is 12.2. The van der Waals surface area contributed by atoms with Crippen molar-refractivity contribution in [3.8, 4) is 17.4 Å². The lowest BCUT2D eigenvalue weighted by molar-refractivity contribution is -0.131. The molecule has 0 aliphatic carbocycles. The number of aromatic nitrogens is 1. The number of carbonyl (C=O) groups excluding carboxylic acids is 2. The second kappa shape index (κ2) is 7.52. The summed E-state index contributed by atoms with van der Waals surface area (Å²) in [6.45, 7) is 2.21. The van der Waals surface area contributed by atoms with Gasteiger partial charge in [-0.2, -0.15) is 0 Å². The van der Waals surface area contributed by atoms with Crippen LogP contribution in [-0.2, 0) is 4.79 Å². The van der Waals surface area contributed by atoms with Crippen molar-refractivity contribution in [2.75, 3.05) is 13.2 Å². The van der Waals surface area contributed by atoms with Gasteiger partial charge in [-0.05, 0) is 31.2 Å². The van der Waals surface area contributed by atoms with E-state index in [0.717, 1.165) is 0 Å². The van der Waals surface area contributed by atoms with Crippen molar-refractivity contribution in [1.29, 1.82) is 0 Å². The Balaban J connectivity index is 1.59. The Morgan fingerprint density at radius 3 is 2.80 bits per heavy atom. The molecule has 130 valence electrons. The highest BCUT2D eigenvalue weighted by Crippen LogP contribution is 2.30. The van der Waals surface area contributed by atoms with Crippen LogP contribution in [0.2, 0.25) is 0 Å². The van der Waals surface area contributed by atoms with E-state index >= 15 is 0 Å². The molecule has 1 aromatic heterocycles. The molecule has 3 rings (SSSR count). The minimum atomic E-state index is -0.865. The van der Waals surface area contributed by atoms with Crippen molar-refractivity contribution in [2.45, 2.75) is 13.0 Å². The van der Waals surface area contributed by atoms with Crippen LogP contribution in [0.4, 0.5) is 0 Å². The van der Waals surface area contributed by atoms with Gasteiger partial charge in [-0.1, -0.05) is 12.1 Å². The van der Waals surface area contributed by atoms with Gasteiger partial charge in [-0.25, -0.2) is 4.98 Å². The molecule has 8 nitrogen and oxygen atoms in total. The maximum atomic E-state index is 12.2. The highest BCUT2D eigenvalue weighted by Gasteiger charge is 2.27. The van der Waals surface area contributed by atoms with Crippen LogP contribution in [0.25, 0.3) is 0 Å². The average Bonchev–Trinajstić information content (AvgIpc) is 2.66. The van der Waals surface area contributed by atoms with Gasteiger partial charge in [-0.3, -0.25) is 20.4 Å². The fourth-order valence-corrected chi connectivity index (χ4v) is 2.23. The summed E-state index contributed by atoms with van der Waals surface area (Å²) in [6.07, 6.45) is 0.654. The number of rotatable bonds is 4. The topological polar surface area (TPSA) is 98.8 Å². The fourth-order valence-electron chi connectivity index (χ4n) is 2.23. The zero-order valence-corrected chi connectivity index (χ0v) is 13.5. The van der Waals surface area contributed by atoms with Crippen molar-refractivity contribution in [1.82, 2.24) is 15.8 Å². The second-order valence-corrected chi connectivity index (χ2v) is 5.10. The van der Waals surface area contributed by atoms with E-state index in [1.165, 1.54) is 6.20 Å². The number of nitrogens with one attached hydrogen (secondary N) is 2. The lowest BCUT2D eigenvalue weighted by Crippen LogP contribution is -2.50. The van der Waals surface area contributed by atoms with Crippen molar-refractivity contribution >= 4 is 11.8 Å². The van der Waals surface area contributed by atoms with Crippen LogP contribution in [0.3, 0.4) is 0 Å². The van der Waals surface area contributed by atoms with E-state index in [2.05, 4.69) is 15.8 Å². The molecule has 2 amide bonds. The van der Waals surface area contributed by atoms with E-state index in [1.807, 2.05) is 6.07 Å². The lowest BCUT2D eigenvalue weighted by Gasteiger charge is -2.25. The van der Waals surface area contributed by atoms with Crippen LogP contribution in [-0.4, -0.2) is 36.1 Å². The van der Waals surface area contributed by atoms with Gasteiger partial charge in [0.2, 0.25) is 12.0 Å². The predicted octanol–water partition coefficient (Wildman–Crippen LogP) is 1.08. The van der Waals surface area contributed by atoms with Crippen molar-refractivity contribution < 1.29 is 23.8 Å². The molecule has 0 saturated carbocycles. The number of carbonyl (C=O) groups is 2. The van der Waals surface area contributed by atoms with E-state index in [4.69, 9.17) is 14.2 Å². The molecular formula is C17H17N3O5. The highest BCUT2D eigenvalue weighted by molar-refractivity contribution is 5.97. The van der Waals surface area contributed by atoms with Crippen molar-refractivity contribution in [3.63, 3.8) is 0 Å². The largest absolute Gasteiger partial charge is 0.485 e. The van der Waals surface area contributed by atoms with Crippen LogP contribution in [0.15, 0.2) is 42.6 Å². The van der Waals surface area contributed by atoms with E-state index in [0.29, 0.717) is 18.1 Å². The summed E-state index contributed by atoms with van der Waals surface area (Å²) < 4.78 is 16.3. The van der Waals surface area contributed by atoms with E-state index in [-0.39, 0.29) is 18.1 Å². The maximum absolute atomic E-state index is 12.2. The number of nitrogens with zero attached hydrogens (tertiary/aromatic N) is 1. The smallest absolute Gasteiger partial charge is 0.283 e. The van der Waals surface area contributed by atoms with E-state index in [1.54, 1.807) is 37.3 Å². The number of pyridine rings is 1. The number of fused-ring (bicyclic) bond motifs is 1. The third kappa shape index (κ3) is 3.79. The van der Waals surface area contributed by atoms with Gasteiger partial charge in [0.1, 0.15) is 12.2 Å². The van der Waals surface area contributed by atoms with Crippen LogP contribution in [0.1, 0.15) is 17.3 Å². The SMILES string of the molecule is CCOc1ncccc1C(=O)NNC(=O)[C@H]1COc2ccccc2O1. The first kappa shape index (κ1) is 16.6. The van der Waals surface area contributed by atoms with Crippen LogP contribution >= 0.6 is 0 Å². The lowest BCUT2D eigenvalue weighted by atomic mass is 10.2. The number of amides is 2. The van der Waals surface area contributed by atoms with E-state index in [9.17, 15) is 9.59 Å².